The summed E-state index contributed by atoms with van der Waals surface area (Å²) in [6, 6.07) is 4.39. The van der Waals surface area contributed by atoms with Gasteiger partial charge >= 0.3 is 6.03 Å². The van der Waals surface area contributed by atoms with Crippen molar-refractivity contribution in [2.24, 2.45) is 5.92 Å². The first-order valence-electron chi connectivity index (χ1n) is 8.05. The molecule has 134 valence electrons. The molecule has 8 heteroatoms. The van der Waals surface area contributed by atoms with Crippen LogP contribution in [0, 0.1) is 5.92 Å². The lowest BCUT2D eigenvalue weighted by Gasteiger charge is -2.20. The van der Waals surface area contributed by atoms with E-state index in [1.165, 1.54) is 14.2 Å². The second-order valence-corrected chi connectivity index (χ2v) is 6.42. The van der Waals surface area contributed by atoms with Crippen molar-refractivity contribution in [1.82, 2.24) is 10.2 Å². The van der Waals surface area contributed by atoms with Crippen LogP contribution in [-0.2, 0) is 9.59 Å². The predicted molar refractivity (Wildman–Crippen MR) is 89.5 cm³/mol. The van der Waals surface area contributed by atoms with Gasteiger partial charge in [-0.05, 0) is 37.8 Å². The molecule has 0 bridgehead atoms. The third kappa shape index (κ3) is 3.11. The first kappa shape index (κ1) is 17.1. The summed E-state index contributed by atoms with van der Waals surface area (Å²) in [6.45, 7) is 1.39. The summed E-state index contributed by atoms with van der Waals surface area (Å²) in [4.78, 5) is 37.8. The van der Waals surface area contributed by atoms with Gasteiger partial charge in [0, 0.05) is 11.8 Å². The van der Waals surface area contributed by atoms with Gasteiger partial charge in [0.15, 0.2) is 11.5 Å². The fourth-order valence-electron chi connectivity index (χ4n) is 3.05. The van der Waals surface area contributed by atoms with Gasteiger partial charge in [-0.3, -0.25) is 14.5 Å². The summed E-state index contributed by atoms with van der Waals surface area (Å²) in [5.74, 6) is 0.354. The molecule has 1 saturated carbocycles. The first-order valence-corrected chi connectivity index (χ1v) is 8.05. The maximum atomic E-state index is 12.5. The van der Waals surface area contributed by atoms with Gasteiger partial charge in [-0.25, -0.2) is 4.79 Å². The van der Waals surface area contributed by atoms with Gasteiger partial charge in [-0.1, -0.05) is 0 Å². The number of benzene rings is 1. The Morgan fingerprint density at radius 2 is 1.96 bits per heavy atom. The van der Waals surface area contributed by atoms with Crippen molar-refractivity contribution in [3.63, 3.8) is 0 Å². The molecule has 0 spiro atoms. The number of amides is 4. The number of imide groups is 1. The summed E-state index contributed by atoms with van der Waals surface area (Å²) >= 11 is 0. The number of urea groups is 1. The van der Waals surface area contributed by atoms with Crippen LogP contribution in [0.2, 0.25) is 0 Å². The van der Waals surface area contributed by atoms with Crippen LogP contribution in [0.4, 0.5) is 10.5 Å². The monoisotopic (exact) mass is 347 g/mol. The van der Waals surface area contributed by atoms with Crippen LogP contribution in [0.25, 0.3) is 0 Å². The summed E-state index contributed by atoms with van der Waals surface area (Å²) in [6.07, 6.45) is 1.82. The van der Waals surface area contributed by atoms with Crippen LogP contribution >= 0.6 is 0 Å². The minimum absolute atomic E-state index is 0.155. The number of rotatable bonds is 6. The maximum Gasteiger partial charge on any atom is 0.325 e. The van der Waals surface area contributed by atoms with Gasteiger partial charge < -0.3 is 20.1 Å². The van der Waals surface area contributed by atoms with Gasteiger partial charge in [0.1, 0.15) is 12.1 Å². The molecular weight excluding hydrogens is 326 g/mol. The fourth-order valence-corrected chi connectivity index (χ4v) is 3.05. The minimum atomic E-state index is -0.888. The van der Waals surface area contributed by atoms with Crippen molar-refractivity contribution in [3.05, 3.63) is 18.2 Å². The number of nitrogens with zero attached hydrogens (tertiary/aromatic N) is 1. The average molecular weight is 347 g/mol. The van der Waals surface area contributed by atoms with Crippen molar-refractivity contribution in [1.29, 1.82) is 0 Å². The van der Waals surface area contributed by atoms with Crippen LogP contribution in [0.3, 0.4) is 0 Å². The van der Waals surface area contributed by atoms with Crippen molar-refractivity contribution in [2.45, 2.75) is 25.3 Å². The quantitative estimate of drug-likeness (QED) is 0.758. The highest BCUT2D eigenvalue weighted by Gasteiger charge is 2.56. The van der Waals surface area contributed by atoms with E-state index in [0.717, 1.165) is 17.7 Å². The van der Waals surface area contributed by atoms with Gasteiger partial charge in [0.05, 0.1) is 14.2 Å². The Labute approximate surface area is 145 Å². The molecule has 2 aliphatic rings. The van der Waals surface area contributed by atoms with E-state index >= 15 is 0 Å². The average Bonchev–Trinajstić information content (AvgIpc) is 3.41. The Balaban J connectivity index is 1.67. The standard InChI is InChI=1S/C17H21N3O5/c1-17(10-4-5-10)15(22)20(16(23)19-17)9-14(21)18-11-6-7-12(24-2)13(8-11)25-3/h6-8,10H,4-5,9H2,1-3H3,(H,18,21)(H,19,23)/t17-/m0/s1. The number of hydrogen-bond acceptors (Lipinski definition) is 5. The predicted octanol–water partition coefficient (Wildman–Crippen LogP) is 1.36. The molecule has 0 aromatic heterocycles. The molecule has 1 saturated heterocycles. The number of nitrogens with one attached hydrogen (secondary N) is 2. The molecule has 0 unspecified atom stereocenters. The lowest BCUT2D eigenvalue weighted by atomic mass is 9.96. The maximum absolute atomic E-state index is 12.5. The topological polar surface area (TPSA) is 97.0 Å². The largest absolute Gasteiger partial charge is 0.493 e. The zero-order valence-electron chi connectivity index (χ0n) is 14.4. The zero-order valence-corrected chi connectivity index (χ0v) is 14.4. The molecular formula is C17H21N3O5. The normalized spacial score (nSPS) is 22.6. The van der Waals surface area contributed by atoms with Crippen molar-refractivity contribution >= 4 is 23.5 Å². The first-order chi connectivity index (χ1) is 11.9. The second kappa shape index (κ2) is 6.27. The molecule has 1 aromatic carbocycles. The van der Waals surface area contributed by atoms with E-state index in [4.69, 9.17) is 9.47 Å². The Morgan fingerprint density at radius 1 is 1.28 bits per heavy atom. The second-order valence-electron chi connectivity index (χ2n) is 6.42. The Bertz CT molecular complexity index is 731. The van der Waals surface area contributed by atoms with Crippen LogP contribution in [0.15, 0.2) is 18.2 Å². The number of carbonyl (C=O) groups excluding carboxylic acids is 3. The summed E-state index contributed by atoms with van der Waals surface area (Å²) in [7, 11) is 3.01. The van der Waals surface area contributed by atoms with Crippen molar-refractivity contribution in [2.75, 3.05) is 26.1 Å². The van der Waals surface area contributed by atoms with Crippen LogP contribution in [0.5, 0.6) is 11.5 Å². The van der Waals surface area contributed by atoms with Crippen LogP contribution in [0.1, 0.15) is 19.8 Å². The van der Waals surface area contributed by atoms with E-state index in [9.17, 15) is 14.4 Å². The van der Waals surface area contributed by atoms with E-state index in [1.54, 1.807) is 25.1 Å². The molecule has 4 amide bonds. The molecule has 25 heavy (non-hydrogen) atoms. The highest BCUT2D eigenvalue weighted by Crippen LogP contribution is 2.42. The molecule has 0 radical (unpaired) electrons. The molecule has 3 rings (SSSR count). The van der Waals surface area contributed by atoms with Gasteiger partial charge in [0.2, 0.25) is 5.91 Å². The Morgan fingerprint density at radius 3 is 2.56 bits per heavy atom. The third-order valence-corrected chi connectivity index (χ3v) is 4.66. The van der Waals surface area contributed by atoms with Crippen LogP contribution < -0.4 is 20.1 Å². The third-order valence-electron chi connectivity index (χ3n) is 4.66. The number of carbonyl (C=O) groups is 3. The summed E-state index contributed by atoms with van der Waals surface area (Å²) in [5.41, 5.74) is -0.402. The molecule has 2 N–H and O–H groups in total. The molecule has 1 aliphatic heterocycles. The number of ether oxygens (including phenoxy) is 2. The van der Waals surface area contributed by atoms with Gasteiger partial charge in [-0.2, -0.15) is 0 Å². The molecule has 1 heterocycles. The highest BCUT2D eigenvalue weighted by atomic mass is 16.5. The van der Waals surface area contributed by atoms with E-state index in [-0.39, 0.29) is 18.4 Å². The molecule has 1 atom stereocenters. The number of methoxy groups -OCH3 is 2. The van der Waals surface area contributed by atoms with Gasteiger partial charge in [-0.15, -0.1) is 0 Å². The SMILES string of the molecule is COc1ccc(NC(=O)CN2C(=O)N[C@@](C)(C3CC3)C2=O)cc1OC. The van der Waals surface area contributed by atoms with Gasteiger partial charge in [0.25, 0.3) is 5.91 Å². The minimum Gasteiger partial charge on any atom is -0.493 e. The molecule has 8 nitrogen and oxygen atoms in total. The summed E-state index contributed by atoms with van der Waals surface area (Å²) < 4.78 is 10.3. The number of hydrogen-bond donors (Lipinski definition) is 2. The number of anilines is 1. The Kier molecular flexibility index (Phi) is 4.28. The zero-order chi connectivity index (χ0) is 18.2. The lowest BCUT2D eigenvalue weighted by molar-refractivity contribution is -0.134. The Hall–Kier alpha value is -2.77. The molecule has 2 fully saturated rings. The fraction of sp³-hybridized carbons (Fsp3) is 0.471. The van der Waals surface area contributed by atoms with Crippen molar-refractivity contribution < 1.29 is 23.9 Å². The van der Waals surface area contributed by atoms with Crippen molar-refractivity contribution in [3.8, 4) is 11.5 Å². The lowest BCUT2D eigenvalue weighted by Crippen LogP contribution is -2.46. The van der Waals surface area contributed by atoms with E-state index in [2.05, 4.69) is 10.6 Å². The van der Waals surface area contributed by atoms with E-state index in [1.807, 2.05) is 0 Å². The van der Waals surface area contributed by atoms with E-state index in [0.29, 0.717) is 17.2 Å². The molecule has 1 aromatic rings. The van der Waals surface area contributed by atoms with E-state index < -0.39 is 17.5 Å². The van der Waals surface area contributed by atoms with Crippen LogP contribution in [-0.4, -0.2) is 49.0 Å². The summed E-state index contributed by atoms with van der Waals surface area (Å²) in [5, 5.41) is 5.38. The smallest absolute Gasteiger partial charge is 0.325 e. The highest BCUT2D eigenvalue weighted by molar-refractivity contribution is 6.10. The molecule has 1 aliphatic carbocycles.